The Bertz CT molecular complexity index is 767. The maximum Gasteiger partial charge on any atom is 0.326 e. The second kappa shape index (κ2) is 6.54. The van der Waals surface area contributed by atoms with Crippen molar-refractivity contribution in [1.82, 2.24) is 4.98 Å². The van der Waals surface area contributed by atoms with Crippen LogP contribution in [0.1, 0.15) is 18.4 Å². The lowest BCUT2D eigenvalue weighted by Crippen LogP contribution is -2.31. The number of fused-ring (bicyclic) bond motifs is 1. The molecule has 4 N–H and O–H groups in total. The van der Waals surface area contributed by atoms with Crippen LogP contribution in [0, 0.1) is 11.3 Å². The van der Waals surface area contributed by atoms with E-state index in [1.807, 2.05) is 6.07 Å². The molecule has 7 heteroatoms. The van der Waals surface area contributed by atoms with Crippen LogP contribution in [0.3, 0.4) is 0 Å². The molecule has 0 saturated heterocycles. The first-order valence-electron chi connectivity index (χ1n) is 6.58. The number of hydrogen-bond acceptors (Lipinski definition) is 5. The largest absolute Gasteiger partial charge is 0.480 e. The number of pyridine rings is 1. The molecule has 0 saturated carbocycles. The quantitative estimate of drug-likeness (QED) is 0.735. The monoisotopic (exact) mass is 298 g/mol. The summed E-state index contributed by atoms with van der Waals surface area (Å²) >= 11 is 0. The van der Waals surface area contributed by atoms with Crippen LogP contribution in [0.15, 0.2) is 30.5 Å². The van der Waals surface area contributed by atoms with E-state index >= 15 is 0 Å². The molecule has 0 aliphatic carbocycles. The Hall–Kier alpha value is -3.14. The minimum atomic E-state index is -1.09. The van der Waals surface area contributed by atoms with E-state index < -0.39 is 17.9 Å². The van der Waals surface area contributed by atoms with Crippen molar-refractivity contribution in [3.63, 3.8) is 0 Å². The number of nitrogens with zero attached hydrogens (tertiary/aromatic N) is 2. The van der Waals surface area contributed by atoms with Gasteiger partial charge < -0.3 is 16.2 Å². The van der Waals surface area contributed by atoms with Gasteiger partial charge in [-0.05, 0) is 36.1 Å². The maximum atomic E-state index is 11.3. The van der Waals surface area contributed by atoms with E-state index in [0.29, 0.717) is 16.8 Å². The normalized spacial score (nSPS) is 11.6. The molecule has 0 radical (unpaired) electrons. The molecule has 1 atom stereocenters. The molecule has 0 aliphatic heterocycles. The number of primary amides is 1. The van der Waals surface area contributed by atoms with Crippen LogP contribution >= 0.6 is 0 Å². The van der Waals surface area contributed by atoms with E-state index in [2.05, 4.69) is 10.3 Å². The number of aliphatic carboxylic acids is 1. The van der Waals surface area contributed by atoms with E-state index in [-0.39, 0.29) is 12.8 Å². The Morgan fingerprint density at radius 1 is 1.41 bits per heavy atom. The summed E-state index contributed by atoms with van der Waals surface area (Å²) in [5, 5.41) is 22.4. The fraction of sp³-hybridized carbons (Fsp3) is 0.200. The van der Waals surface area contributed by atoms with Gasteiger partial charge in [-0.25, -0.2) is 9.78 Å². The fourth-order valence-corrected chi connectivity index (χ4v) is 2.07. The van der Waals surface area contributed by atoms with Crippen molar-refractivity contribution in [2.45, 2.75) is 18.9 Å². The van der Waals surface area contributed by atoms with Crippen LogP contribution in [-0.4, -0.2) is 28.0 Å². The van der Waals surface area contributed by atoms with E-state index in [0.717, 1.165) is 5.39 Å². The third-order valence-electron chi connectivity index (χ3n) is 3.18. The van der Waals surface area contributed by atoms with Gasteiger partial charge in [-0.1, -0.05) is 0 Å². The van der Waals surface area contributed by atoms with Crippen molar-refractivity contribution in [3.05, 3.63) is 36.0 Å². The van der Waals surface area contributed by atoms with Gasteiger partial charge in [0.1, 0.15) is 11.9 Å². The molecule has 22 heavy (non-hydrogen) atoms. The van der Waals surface area contributed by atoms with Crippen LogP contribution < -0.4 is 11.1 Å². The molecule has 2 rings (SSSR count). The summed E-state index contributed by atoms with van der Waals surface area (Å²) in [7, 11) is 0. The Morgan fingerprint density at radius 3 is 2.82 bits per heavy atom. The van der Waals surface area contributed by atoms with Crippen molar-refractivity contribution in [3.8, 4) is 6.07 Å². The lowest BCUT2D eigenvalue weighted by atomic mass is 10.1. The molecule has 1 amide bonds. The lowest BCUT2D eigenvalue weighted by molar-refractivity contribution is -0.138. The van der Waals surface area contributed by atoms with Crippen molar-refractivity contribution in [2.75, 3.05) is 5.32 Å². The number of carboxylic acid groups (broad SMARTS) is 1. The van der Waals surface area contributed by atoms with Crippen LogP contribution in [0.5, 0.6) is 0 Å². The molecule has 1 aromatic carbocycles. The minimum Gasteiger partial charge on any atom is -0.480 e. The third kappa shape index (κ3) is 3.49. The van der Waals surface area contributed by atoms with Gasteiger partial charge in [0.15, 0.2) is 0 Å². The highest BCUT2D eigenvalue weighted by Gasteiger charge is 2.19. The smallest absolute Gasteiger partial charge is 0.326 e. The average molecular weight is 298 g/mol. The first kappa shape index (κ1) is 15.3. The molecule has 1 aromatic heterocycles. The van der Waals surface area contributed by atoms with Crippen molar-refractivity contribution in [1.29, 1.82) is 5.26 Å². The van der Waals surface area contributed by atoms with Crippen LogP contribution in [0.2, 0.25) is 0 Å². The number of anilines is 1. The number of nitriles is 1. The van der Waals surface area contributed by atoms with Crippen molar-refractivity contribution >= 4 is 28.5 Å². The van der Waals surface area contributed by atoms with E-state index in [1.54, 1.807) is 24.3 Å². The maximum absolute atomic E-state index is 11.3. The van der Waals surface area contributed by atoms with Crippen molar-refractivity contribution < 1.29 is 14.7 Å². The first-order chi connectivity index (χ1) is 10.5. The summed E-state index contributed by atoms with van der Waals surface area (Å²) in [6, 6.07) is 7.84. The summed E-state index contributed by atoms with van der Waals surface area (Å²) < 4.78 is 0. The molecule has 0 aliphatic rings. The number of nitrogens with one attached hydrogen (secondary N) is 1. The molecule has 7 nitrogen and oxygen atoms in total. The van der Waals surface area contributed by atoms with Gasteiger partial charge in [-0.2, -0.15) is 5.26 Å². The number of carboxylic acids is 1. The Balaban J connectivity index is 2.31. The summed E-state index contributed by atoms with van der Waals surface area (Å²) in [4.78, 5) is 26.2. The molecule has 0 spiro atoms. The van der Waals surface area contributed by atoms with E-state index in [1.165, 1.54) is 6.20 Å². The van der Waals surface area contributed by atoms with Gasteiger partial charge in [0, 0.05) is 18.0 Å². The number of nitrogens with two attached hydrogens (primary N) is 1. The van der Waals surface area contributed by atoms with Gasteiger partial charge in [0.2, 0.25) is 5.91 Å². The number of benzene rings is 1. The number of carbonyl (C=O) groups is 2. The number of amides is 1. The van der Waals surface area contributed by atoms with Gasteiger partial charge in [-0.15, -0.1) is 0 Å². The zero-order valence-corrected chi connectivity index (χ0v) is 11.6. The second-order valence-corrected chi connectivity index (χ2v) is 4.75. The number of rotatable bonds is 6. The second-order valence-electron chi connectivity index (χ2n) is 4.75. The topological polar surface area (TPSA) is 129 Å². The predicted octanol–water partition coefficient (Wildman–Crippen LogP) is 1.24. The SMILES string of the molecule is N#Cc1ccc2c(NC(CCC(N)=O)C(=O)O)nccc2c1. The highest BCUT2D eigenvalue weighted by Crippen LogP contribution is 2.23. The van der Waals surface area contributed by atoms with Gasteiger partial charge in [0.05, 0.1) is 11.6 Å². The van der Waals surface area contributed by atoms with E-state index in [9.17, 15) is 14.7 Å². The van der Waals surface area contributed by atoms with Crippen LogP contribution in [0.25, 0.3) is 10.8 Å². The summed E-state index contributed by atoms with van der Waals surface area (Å²) in [6.45, 7) is 0. The van der Waals surface area contributed by atoms with E-state index in [4.69, 9.17) is 11.0 Å². The Labute approximate surface area is 126 Å². The van der Waals surface area contributed by atoms with Crippen LogP contribution in [0.4, 0.5) is 5.82 Å². The molecule has 1 unspecified atom stereocenters. The third-order valence-corrected chi connectivity index (χ3v) is 3.18. The summed E-state index contributed by atoms with van der Waals surface area (Å²) in [6.07, 6.45) is 1.56. The Kier molecular flexibility index (Phi) is 4.53. The standard InChI is InChI=1S/C15H14N4O3/c16-8-9-1-2-11-10(7-9)5-6-18-14(11)19-12(15(21)22)3-4-13(17)20/h1-2,5-7,12H,3-4H2,(H2,17,20)(H,18,19)(H,21,22). The average Bonchev–Trinajstić information content (AvgIpc) is 2.50. The fourth-order valence-electron chi connectivity index (χ4n) is 2.07. The predicted molar refractivity (Wildman–Crippen MR) is 79.9 cm³/mol. The van der Waals surface area contributed by atoms with Gasteiger partial charge in [-0.3, -0.25) is 4.79 Å². The summed E-state index contributed by atoms with van der Waals surface area (Å²) in [5.74, 6) is -1.26. The summed E-state index contributed by atoms with van der Waals surface area (Å²) in [5.41, 5.74) is 5.56. The molecule has 112 valence electrons. The molecule has 0 bridgehead atoms. The number of aromatic nitrogens is 1. The molecular formula is C15H14N4O3. The van der Waals surface area contributed by atoms with Gasteiger partial charge >= 0.3 is 5.97 Å². The molecular weight excluding hydrogens is 284 g/mol. The lowest BCUT2D eigenvalue weighted by Gasteiger charge is -2.15. The minimum absolute atomic E-state index is 0.0344. The highest BCUT2D eigenvalue weighted by molar-refractivity contribution is 5.94. The number of carbonyl (C=O) groups excluding carboxylic acids is 1. The van der Waals surface area contributed by atoms with Crippen LogP contribution in [-0.2, 0) is 9.59 Å². The first-order valence-corrected chi connectivity index (χ1v) is 6.58. The molecule has 0 fully saturated rings. The molecule has 2 aromatic rings. The zero-order valence-electron chi connectivity index (χ0n) is 11.6. The van der Waals surface area contributed by atoms with Gasteiger partial charge in [0.25, 0.3) is 0 Å². The Morgan fingerprint density at radius 2 is 2.18 bits per heavy atom. The highest BCUT2D eigenvalue weighted by atomic mass is 16.4. The number of hydrogen-bond donors (Lipinski definition) is 3. The van der Waals surface area contributed by atoms with Crippen molar-refractivity contribution in [2.24, 2.45) is 5.73 Å². The molecule has 1 heterocycles. The zero-order chi connectivity index (χ0) is 16.1.